The Morgan fingerprint density at radius 1 is 1.18 bits per heavy atom. The lowest BCUT2D eigenvalue weighted by Gasteiger charge is -2.40. The molecule has 0 aromatic carbocycles. The van der Waals surface area contributed by atoms with E-state index in [0.717, 1.165) is 52.1 Å². The Bertz CT molecular complexity index is 699. The molecule has 7 nitrogen and oxygen atoms in total. The molecule has 5 aliphatic heterocycles. The Balaban J connectivity index is 1.28. The first-order valence-electron chi connectivity index (χ1n) is 10.8. The third kappa shape index (κ3) is 3.56. The summed E-state index contributed by atoms with van der Waals surface area (Å²) in [5, 5.41) is 0. The molecular formula is C21H32N6O. The topological polar surface area (TPSA) is 63.7 Å². The molecule has 152 valence electrons. The molecule has 3 unspecified atom stereocenters. The SMILES string of the molecule is CN1CCC2NNC(C(=O)N3C[C@H]4CC[C@@H]3CN(Cc3cccnc3)C4)C2C1. The lowest BCUT2D eigenvalue weighted by molar-refractivity contribution is -0.138. The fourth-order valence-corrected chi connectivity index (χ4v) is 5.72. The van der Waals surface area contributed by atoms with Gasteiger partial charge < -0.3 is 9.80 Å². The van der Waals surface area contributed by atoms with Crippen molar-refractivity contribution in [2.75, 3.05) is 39.8 Å². The van der Waals surface area contributed by atoms with Gasteiger partial charge in [0.15, 0.2) is 0 Å². The van der Waals surface area contributed by atoms with Crippen LogP contribution in [0.5, 0.6) is 0 Å². The van der Waals surface area contributed by atoms with Crippen molar-refractivity contribution in [3.63, 3.8) is 0 Å². The zero-order valence-corrected chi connectivity index (χ0v) is 16.8. The Labute approximate surface area is 167 Å². The number of nitrogens with one attached hydrogen (secondary N) is 2. The van der Waals surface area contributed by atoms with Gasteiger partial charge in [0.1, 0.15) is 6.04 Å². The van der Waals surface area contributed by atoms with Crippen LogP contribution in [0.25, 0.3) is 0 Å². The van der Waals surface area contributed by atoms with Crippen molar-refractivity contribution >= 4 is 5.91 Å². The second-order valence-corrected chi connectivity index (χ2v) is 9.23. The predicted octanol–water partition coefficient (Wildman–Crippen LogP) is 0.301. The number of piperidine rings is 2. The molecule has 5 saturated heterocycles. The maximum atomic E-state index is 13.5. The molecule has 0 aliphatic carbocycles. The van der Waals surface area contributed by atoms with E-state index < -0.39 is 0 Å². The lowest BCUT2D eigenvalue weighted by Crippen LogP contribution is -2.56. The zero-order chi connectivity index (χ0) is 19.1. The number of hydrazine groups is 1. The van der Waals surface area contributed by atoms with Crippen molar-refractivity contribution in [1.29, 1.82) is 0 Å². The summed E-state index contributed by atoms with van der Waals surface area (Å²) in [7, 11) is 2.17. The molecule has 0 radical (unpaired) electrons. The number of carbonyl (C=O) groups is 1. The van der Waals surface area contributed by atoms with Crippen molar-refractivity contribution in [3.8, 4) is 0 Å². The number of nitrogens with zero attached hydrogens (tertiary/aromatic N) is 4. The molecule has 1 aromatic rings. The third-order valence-corrected chi connectivity index (χ3v) is 7.18. The van der Waals surface area contributed by atoms with E-state index in [1.807, 2.05) is 18.5 Å². The molecule has 2 bridgehead atoms. The van der Waals surface area contributed by atoms with Gasteiger partial charge in [0.2, 0.25) is 5.91 Å². The van der Waals surface area contributed by atoms with Crippen LogP contribution in [0.2, 0.25) is 0 Å². The van der Waals surface area contributed by atoms with Crippen LogP contribution < -0.4 is 10.9 Å². The Hall–Kier alpha value is -1.54. The van der Waals surface area contributed by atoms with E-state index in [4.69, 9.17) is 0 Å². The Morgan fingerprint density at radius 2 is 2.11 bits per heavy atom. The largest absolute Gasteiger partial charge is 0.337 e. The number of hydrogen-bond acceptors (Lipinski definition) is 6. The fourth-order valence-electron chi connectivity index (χ4n) is 5.72. The molecule has 0 spiro atoms. The van der Waals surface area contributed by atoms with Gasteiger partial charge in [0.25, 0.3) is 0 Å². The van der Waals surface area contributed by atoms with Crippen molar-refractivity contribution in [3.05, 3.63) is 30.1 Å². The molecule has 0 saturated carbocycles. The summed E-state index contributed by atoms with van der Waals surface area (Å²) in [6, 6.07) is 4.84. The van der Waals surface area contributed by atoms with Gasteiger partial charge in [0.05, 0.1) is 0 Å². The van der Waals surface area contributed by atoms with Crippen LogP contribution in [0.15, 0.2) is 24.5 Å². The summed E-state index contributed by atoms with van der Waals surface area (Å²) >= 11 is 0. The van der Waals surface area contributed by atoms with Gasteiger partial charge in [-0.2, -0.15) is 0 Å². The third-order valence-electron chi connectivity index (χ3n) is 7.18. The zero-order valence-electron chi connectivity index (χ0n) is 16.8. The number of amides is 1. The summed E-state index contributed by atoms with van der Waals surface area (Å²) in [5.74, 6) is 1.27. The van der Waals surface area contributed by atoms with Gasteiger partial charge in [-0.05, 0) is 50.4 Å². The van der Waals surface area contributed by atoms with E-state index in [9.17, 15) is 4.79 Å². The predicted molar refractivity (Wildman–Crippen MR) is 107 cm³/mol. The number of hydrogen-bond donors (Lipinski definition) is 2. The first-order valence-corrected chi connectivity index (χ1v) is 10.8. The molecule has 5 aliphatic rings. The minimum Gasteiger partial charge on any atom is -0.337 e. The van der Waals surface area contributed by atoms with Gasteiger partial charge >= 0.3 is 0 Å². The highest BCUT2D eigenvalue weighted by atomic mass is 16.2. The van der Waals surface area contributed by atoms with Gasteiger partial charge in [0, 0.05) is 63.1 Å². The van der Waals surface area contributed by atoms with E-state index in [2.05, 4.69) is 43.6 Å². The van der Waals surface area contributed by atoms with Crippen LogP contribution in [0, 0.1) is 11.8 Å². The molecule has 2 N–H and O–H groups in total. The smallest absolute Gasteiger partial charge is 0.241 e. The molecule has 1 aromatic heterocycles. The highest BCUT2D eigenvalue weighted by molar-refractivity contribution is 5.83. The second kappa shape index (κ2) is 7.71. The number of aromatic nitrogens is 1. The molecule has 7 heteroatoms. The maximum Gasteiger partial charge on any atom is 0.241 e. The standard InChI is InChI=1S/C21H32N6O/c1-25-8-6-19-18(14-25)20(24-23-19)21(28)27-12-16-4-5-17(27)13-26(11-16)10-15-3-2-7-22-9-15/h2-3,7,9,16-20,23-24H,4-6,8,10-14H2,1H3/t16-,17+,18?,19?,20?/m0/s1. The lowest BCUT2D eigenvalue weighted by atomic mass is 9.86. The van der Waals surface area contributed by atoms with Crippen LogP contribution in [0.3, 0.4) is 0 Å². The van der Waals surface area contributed by atoms with Crippen LogP contribution in [0.4, 0.5) is 0 Å². The molecule has 1 amide bonds. The summed E-state index contributed by atoms with van der Waals surface area (Å²) in [6.07, 6.45) is 7.28. The normalized spacial score (nSPS) is 36.3. The van der Waals surface area contributed by atoms with Gasteiger partial charge in [-0.3, -0.25) is 20.1 Å². The number of carbonyl (C=O) groups excluding carboxylic acids is 1. The highest BCUT2D eigenvalue weighted by Crippen LogP contribution is 2.31. The van der Waals surface area contributed by atoms with Gasteiger partial charge in [-0.15, -0.1) is 0 Å². The molecule has 28 heavy (non-hydrogen) atoms. The minimum absolute atomic E-state index is 0.0844. The Morgan fingerprint density at radius 3 is 2.96 bits per heavy atom. The molecule has 6 rings (SSSR count). The molecule has 6 heterocycles. The van der Waals surface area contributed by atoms with Crippen LogP contribution >= 0.6 is 0 Å². The molecule has 5 fully saturated rings. The summed E-state index contributed by atoms with van der Waals surface area (Å²) in [6.45, 7) is 6.01. The van der Waals surface area contributed by atoms with Crippen molar-refractivity contribution < 1.29 is 4.79 Å². The van der Waals surface area contributed by atoms with E-state index >= 15 is 0 Å². The van der Waals surface area contributed by atoms with Crippen LogP contribution in [-0.2, 0) is 11.3 Å². The minimum atomic E-state index is -0.0844. The molecule has 5 atom stereocenters. The average Bonchev–Trinajstić information content (AvgIpc) is 2.91. The number of rotatable bonds is 3. The highest BCUT2D eigenvalue weighted by Gasteiger charge is 2.46. The maximum absolute atomic E-state index is 13.5. The second-order valence-electron chi connectivity index (χ2n) is 9.23. The number of fused-ring (bicyclic) bond motifs is 5. The van der Waals surface area contributed by atoms with Crippen molar-refractivity contribution in [1.82, 2.24) is 30.5 Å². The van der Waals surface area contributed by atoms with Crippen molar-refractivity contribution in [2.45, 2.75) is 43.9 Å². The van der Waals surface area contributed by atoms with Crippen LogP contribution in [-0.4, -0.2) is 83.5 Å². The quantitative estimate of drug-likeness (QED) is 0.782. The summed E-state index contributed by atoms with van der Waals surface area (Å²) < 4.78 is 0. The van der Waals surface area contributed by atoms with Gasteiger partial charge in [-0.1, -0.05) is 6.07 Å². The van der Waals surface area contributed by atoms with Crippen molar-refractivity contribution in [2.24, 2.45) is 11.8 Å². The van der Waals surface area contributed by atoms with E-state index in [1.54, 1.807) is 0 Å². The first-order chi connectivity index (χ1) is 13.7. The number of likely N-dealkylation sites (tertiary alicyclic amines) is 1. The van der Waals surface area contributed by atoms with Crippen LogP contribution in [0.1, 0.15) is 24.8 Å². The molecular weight excluding hydrogens is 352 g/mol. The monoisotopic (exact) mass is 384 g/mol. The Kier molecular flexibility index (Phi) is 5.09. The summed E-state index contributed by atoms with van der Waals surface area (Å²) in [5.41, 5.74) is 8.03. The summed E-state index contributed by atoms with van der Waals surface area (Å²) in [4.78, 5) is 24.9. The van der Waals surface area contributed by atoms with Gasteiger partial charge in [-0.25, -0.2) is 5.43 Å². The van der Waals surface area contributed by atoms with E-state index in [1.165, 1.54) is 12.0 Å². The van der Waals surface area contributed by atoms with E-state index in [-0.39, 0.29) is 6.04 Å². The van der Waals surface area contributed by atoms with E-state index in [0.29, 0.717) is 29.8 Å². The number of pyridine rings is 1. The first kappa shape index (κ1) is 18.5. The average molecular weight is 385 g/mol. The fraction of sp³-hybridized carbons (Fsp3) is 0.714.